The maximum absolute atomic E-state index is 12.1. The van der Waals surface area contributed by atoms with Gasteiger partial charge < -0.3 is 9.88 Å². The third-order valence-corrected chi connectivity index (χ3v) is 3.15. The number of nitrogens with zero attached hydrogens (tertiary/aromatic N) is 2. The van der Waals surface area contributed by atoms with Crippen molar-refractivity contribution in [3.63, 3.8) is 0 Å². The van der Waals surface area contributed by atoms with Crippen molar-refractivity contribution in [1.29, 1.82) is 0 Å². The first-order valence-electron chi connectivity index (χ1n) is 5.80. The van der Waals surface area contributed by atoms with Gasteiger partial charge in [0.1, 0.15) is 0 Å². The molecule has 0 aliphatic rings. The number of terminal acetylenes is 1. The Morgan fingerprint density at radius 2 is 2.28 bits per heavy atom. The van der Waals surface area contributed by atoms with Crippen molar-refractivity contribution in [2.45, 2.75) is 26.3 Å². The van der Waals surface area contributed by atoms with Gasteiger partial charge in [0.05, 0.1) is 5.75 Å². The molecule has 0 amide bonds. The fourth-order valence-electron chi connectivity index (χ4n) is 1.43. The lowest BCUT2D eigenvalue weighted by molar-refractivity contribution is 0.383. The number of aromatic nitrogens is 2. The summed E-state index contributed by atoms with van der Waals surface area (Å²) in [6, 6.07) is 0. The number of hydrogen-bond acceptors (Lipinski definition) is 4. The lowest BCUT2D eigenvalue weighted by Gasteiger charge is -2.22. The SMILES string of the molecule is C#CCSCCNc1nccn(C(C)(C)C)c1=O. The summed E-state index contributed by atoms with van der Waals surface area (Å²) < 4.78 is 1.68. The smallest absolute Gasteiger partial charge is 0.293 e. The van der Waals surface area contributed by atoms with Gasteiger partial charge in [-0.3, -0.25) is 4.79 Å². The summed E-state index contributed by atoms with van der Waals surface area (Å²) in [5, 5.41) is 3.05. The van der Waals surface area contributed by atoms with Crippen LogP contribution in [0, 0.1) is 12.3 Å². The molecule has 0 atom stereocenters. The van der Waals surface area contributed by atoms with E-state index in [1.807, 2.05) is 20.8 Å². The topological polar surface area (TPSA) is 46.9 Å². The number of hydrogen-bond donors (Lipinski definition) is 1. The predicted octanol–water partition coefficient (Wildman–Crippen LogP) is 1.78. The summed E-state index contributed by atoms with van der Waals surface area (Å²) in [5.74, 6) is 4.50. The van der Waals surface area contributed by atoms with Gasteiger partial charge in [0.25, 0.3) is 5.56 Å². The van der Waals surface area contributed by atoms with Crippen molar-refractivity contribution in [1.82, 2.24) is 9.55 Å². The molecular weight excluding hydrogens is 246 g/mol. The standard InChI is InChI=1S/C13H19N3OS/c1-5-9-18-10-7-15-11-12(17)16(8-6-14-11)13(2,3)4/h1,6,8H,7,9-10H2,2-4H3,(H,14,15). The zero-order valence-electron chi connectivity index (χ0n) is 11.1. The largest absolute Gasteiger partial charge is 0.365 e. The Morgan fingerprint density at radius 3 is 2.89 bits per heavy atom. The van der Waals surface area contributed by atoms with Crippen molar-refractivity contribution >= 4 is 17.6 Å². The number of anilines is 1. The molecule has 0 aliphatic heterocycles. The van der Waals surface area contributed by atoms with Crippen LogP contribution in [0.5, 0.6) is 0 Å². The first-order chi connectivity index (χ1) is 8.46. The van der Waals surface area contributed by atoms with Crippen molar-refractivity contribution in [3.8, 4) is 12.3 Å². The van der Waals surface area contributed by atoms with Crippen molar-refractivity contribution in [2.75, 3.05) is 23.4 Å². The van der Waals surface area contributed by atoms with Crippen molar-refractivity contribution in [3.05, 3.63) is 22.7 Å². The molecule has 4 nitrogen and oxygen atoms in total. The molecule has 5 heteroatoms. The Kier molecular flexibility index (Phi) is 5.29. The summed E-state index contributed by atoms with van der Waals surface area (Å²) in [7, 11) is 0. The quantitative estimate of drug-likeness (QED) is 0.651. The fourth-order valence-corrected chi connectivity index (χ4v) is 1.94. The Balaban J connectivity index is 2.68. The third kappa shape index (κ3) is 4.11. The van der Waals surface area contributed by atoms with E-state index in [4.69, 9.17) is 6.42 Å². The summed E-state index contributed by atoms with van der Waals surface area (Å²) >= 11 is 1.65. The van der Waals surface area contributed by atoms with E-state index >= 15 is 0 Å². The average molecular weight is 265 g/mol. The molecule has 18 heavy (non-hydrogen) atoms. The van der Waals surface area contributed by atoms with Crippen molar-refractivity contribution in [2.24, 2.45) is 0 Å². The molecule has 1 aromatic heterocycles. The molecule has 0 fully saturated rings. The van der Waals surface area contributed by atoms with Gasteiger partial charge in [0, 0.05) is 30.2 Å². The van der Waals surface area contributed by atoms with Gasteiger partial charge in [-0.1, -0.05) is 5.92 Å². The first-order valence-corrected chi connectivity index (χ1v) is 6.95. The minimum Gasteiger partial charge on any atom is -0.365 e. The van der Waals surface area contributed by atoms with Crippen LogP contribution in [0.4, 0.5) is 5.82 Å². The second kappa shape index (κ2) is 6.50. The van der Waals surface area contributed by atoms with E-state index in [1.54, 1.807) is 28.7 Å². The molecule has 1 N–H and O–H groups in total. The van der Waals surface area contributed by atoms with Gasteiger partial charge in [-0.25, -0.2) is 4.98 Å². The number of rotatable bonds is 5. The highest BCUT2D eigenvalue weighted by molar-refractivity contribution is 7.99. The van der Waals surface area contributed by atoms with Crippen LogP contribution in [0.15, 0.2) is 17.2 Å². The van der Waals surface area contributed by atoms with Crippen LogP contribution in [0.2, 0.25) is 0 Å². The molecule has 0 spiro atoms. The van der Waals surface area contributed by atoms with Gasteiger partial charge in [0.15, 0.2) is 5.82 Å². The van der Waals surface area contributed by atoms with E-state index in [0.717, 1.165) is 5.75 Å². The van der Waals surface area contributed by atoms with Gasteiger partial charge in [-0.2, -0.15) is 0 Å². The van der Waals surface area contributed by atoms with Crippen LogP contribution in [0.25, 0.3) is 0 Å². The van der Waals surface area contributed by atoms with Gasteiger partial charge in [0.2, 0.25) is 0 Å². The Bertz CT molecular complexity index is 482. The predicted molar refractivity (Wildman–Crippen MR) is 78.1 cm³/mol. The van der Waals surface area contributed by atoms with E-state index in [-0.39, 0.29) is 11.1 Å². The summed E-state index contributed by atoms with van der Waals surface area (Å²) in [6.07, 6.45) is 8.51. The third-order valence-electron chi connectivity index (χ3n) is 2.29. The van der Waals surface area contributed by atoms with Gasteiger partial charge in [-0.15, -0.1) is 18.2 Å². The van der Waals surface area contributed by atoms with E-state index in [0.29, 0.717) is 18.1 Å². The zero-order valence-corrected chi connectivity index (χ0v) is 11.9. The van der Waals surface area contributed by atoms with Crippen LogP contribution >= 0.6 is 11.8 Å². The van der Waals surface area contributed by atoms with E-state index < -0.39 is 0 Å². The second-order valence-corrected chi connectivity index (χ2v) is 5.91. The molecule has 0 radical (unpaired) electrons. The molecule has 98 valence electrons. The molecule has 0 saturated heterocycles. The average Bonchev–Trinajstić information content (AvgIpc) is 2.29. The molecule has 1 aromatic rings. The normalized spacial score (nSPS) is 11.0. The minimum atomic E-state index is -0.241. The molecule has 0 unspecified atom stereocenters. The van der Waals surface area contributed by atoms with Gasteiger partial charge >= 0.3 is 0 Å². The molecule has 1 heterocycles. The second-order valence-electron chi connectivity index (χ2n) is 4.81. The monoisotopic (exact) mass is 265 g/mol. The molecule has 0 saturated carbocycles. The van der Waals surface area contributed by atoms with Crippen LogP contribution in [0.3, 0.4) is 0 Å². The number of nitrogens with one attached hydrogen (secondary N) is 1. The maximum Gasteiger partial charge on any atom is 0.293 e. The molecule has 0 aliphatic carbocycles. The summed E-state index contributed by atoms with van der Waals surface area (Å²) in [4.78, 5) is 16.2. The van der Waals surface area contributed by atoms with Gasteiger partial charge in [-0.05, 0) is 20.8 Å². The highest BCUT2D eigenvalue weighted by atomic mass is 32.2. The Morgan fingerprint density at radius 1 is 1.56 bits per heavy atom. The summed E-state index contributed by atoms with van der Waals surface area (Å²) in [5.41, 5.74) is -0.332. The fraction of sp³-hybridized carbons (Fsp3) is 0.538. The molecular formula is C13H19N3OS. The van der Waals surface area contributed by atoms with E-state index in [9.17, 15) is 4.79 Å². The van der Waals surface area contributed by atoms with Crippen LogP contribution in [-0.2, 0) is 5.54 Å². The maximum atomic E-state index is 12.1. The molecule has 0 aromatic carbocycles. The van der Waals surface area contributed by atoms with Crippen LogP contribution in [-0.4, -0.2) is 27.6 Å². The minimum absolute atomic E-state index is 0.0908. The van der Waals surface area contributed by atoms with Crippen LogP contribution < -0.4 is 10.9 Å². The van der Waals surface area contributed by atoms with E-state index in [1.165, 1.54) is 0 Å². The zero-order chi connectivity index (χ0) is 13.6. The molecule has 1 rings (SSSR count). The Labute approximate surface area is 112 Å². The summed E-state index contributed by atoms with van der Waals surface area (Å²) in [6.45, 7) is 6.64. The highest BCUT2D eigenvalue weighted by Crippen LogP contribution is 2.10. The molecule has 0 bridgehead atoms. The lowest BCUT2D eigenvalue weighted by Crippen LogP contribution is -2.35. The first kappa shape index (κ1) is 14.7. The van der Waals surface area contributed by atoms with Crippen LogP contribution in [0.1, 0.15) is 20.8 Å². The van der Waals surface area contributed by atoms with E-state index in [2.05, 4.69) is 16.2 Å². The van der Waals surface area contributed by atoms with Crippen molar-refractivity contribution < 1.29 is 0 Å². The lowest BCUT2D eigenvalue weighted by atomic mass is 10.1. The Hall–Kier alpha value is -1.41. The number of thioether (sulfide) groups is 1. The highest BCUT2D eigenvalue weighted by Gasteiger charge is 2.16.